The van der Waals surface area contributed by atoms with Crippen molar-refractivity contribution >= 4 is 43.9 Å². The predicted molar refractivity (Wildman–Crippen MR) is 171 cm³/mol. The van der Waals surface area contributed by atoms with Crippen LogP contribution in [0.25, 0.3) is 71.9 Å². The van der Waals surface area contributed by atoms with Crippen LogP contribution >= 0.6 is 11.6 Å². The summed E-state index contributed by atoms with van der Waals surface area (Å²) in [5, 5.41) is 11.6. The molecule has 0 amide bonds. The summed E-state index contributed by atoms with van der Waals surface area (Å²) in [6.45, 7) is 0. The molecular formula is C36H22ClN5. The normalized spacial score (nSPS) is 11.5. The van der Waals surface area contributed by atoms with Gasteiger partial charge in [0.15, 0.2) is 11.6 Å². The van der Waals surface area contributed by atoms with Crippen LogP contribution < -0.4 is 0 Å². The Labute approximate surface area is 246 Å². The van der Waals surface area contributed by atoms with Gasteiger partial charge in [0.05, 0.1) is 5.69 Å². The SMILES string of the molecule is Clc1nc(-c2ccc(-c3cccc4ccccc34)cc2)nc(-c2ccc3c(c2)c(-n2cccn2)cc2ccccc23)n1. The maximum atomic E-state index is 6.47. The second kappa shape index (κ2) is 9.91. The van der Waals surface area contributed by atoms with Crippen molar-refractivity contribution in [3.8, 4) is 39.6 Å². The first-order valence-electron chi connectivity index (χ1n) is 13.7. The molecule has 8 rings (SSSR count). The van der Waals surface area contributed by atoms with Gasteiger partial charge in [0.1, 0.15) is 0 Å². The van der Waals surface area contributed by atoms with E-state index in [4.69, 9.17) is 16.6 Å². The van der Waals surface area contributed by atoms with Crippen LogP contribution in [0.1, 0.15) is 0 Å². The topological polar surface area (TPSA) is 56.5 Å². The lowest BCUT2D eigenvalue weighted by Gasteiger charge is -2.12. The minimum atomic E-state index is 0.152. The van der Waals surface area contributed by atoms with Gasteiger partial charge in [-0.3, -0.25) is 0 Å². The maximum Gasteiger partial charge on any atom is 0.226 e. The van der Waals surface area contributed by atoms with Crippen LogP contribution in [0.2, 0.25) is 5.28 Å². The number of rotatable bonds is 4. The number of hydrogen-bond donors (Lipinski definition) is 0. The number of aromatic nitrogens is 5. The van der Waals surface area contributed by atoms with E-state index in [0.29, 0.717) is 11.6 Å². The first-order valence-corrected chi connectivity index (χ1v) is 14.1. The van der Waals surface area contributed by atoms with Gasteiger partial charge >= 0.3 is 0 Å². The third kappa shape index (κ3) is 4.19. The molecule has 42 heavy (non-hydrogen) atoms. The summed E-state index contributed by atoms with van der Waals surface area (Å²) in [5.41, 5.74) is 5.02. The van der Waals surface area contributed by atoms with E-state index in [0.717, 1.165) is 38.5 Å². The third-order valence-corrected chi connectivity index (χ3v) is 7.87. The molecule has 2 aromatic heterocycles. The molecule has 6 heteroatoms. The molecule has 0 saturated carbocycles. The van der Waals surface area contributed by atoms with E-state index in [1.807, 2.05) is 35.1 Å². The lowest BCUT2D eigenvalue weighted by molar-refractivity contribution is 0.889. The van der Waals surface area contributed by atoms with Crippen LogP contribution in [-0.4, -0.2) is 24.7 Å². The van der Waals surface area contributed by atoms with Crippen LogP contribution in [0.4, 0.5) is 0 Å². The molecule has 0 atom stereocenters. The van der Waals surface area contributed by atoms with Gasteiger partial charge in [0.2, 0.25) is 5.28 Å². The smallest absolute Gasteiger partial charge is 0.226 e. The van der Waals surface area contributed by atoms with E-state index in [-0.39, 0.29) is 5.28 Å². The Bertz CT molecular complexity index is 2250. The molecule has 2 heterocycles. The molecule has 6 aromatic carbocycles. The summed E-state index contributed by atoms with van der Waals surface area (Å²) in [4.78, 5) is 13.8. The average Bonchev–Trinajstić information content (AvgIpc) is 3.59. The van der Waals surface area contributed by atoms with E-state index in [9.17, 15) is 0 Å². The molecule has 198 valence electrons. The molecule has 0 unspecified atom stereocenters. The van der Waals surface area contributed by atoms with Crippen molar-refractivity contribution < 1.29 is 0 Å². The van der Waals surface area contributed by atoms with E-state index < -0.39 is 0 Å². The highest BCUT2D eigenvalue weighted by Crippen LogP contribution is 2.34. The lowest BCUT2D eigenvalue weighted by Crippen LogP contribution is -1.99. The van der Waals surface area contributed by atoms with Crippen LogP contribution in [0.5, 0.6) is 0 Å². The monoisotopic (exact) mass is 559 g/mol. The molecule has 0 aliphatic carbocycles. The molecule has 0 aliphatic heterocycles. The van der Waals surface area contributed by atoms with Gasteiger partial charge in [-0.05, 0) is 67.9 Å². The van der Waals surface area contributed by atoms with Gasteiger partial charge in [0.25, 0.3) is 0 Å². The second-order valence-electron chi connectivity index (χ2n) is 10.2. The number of fused-ring (bicyclic) bond motifs is 4. The zero-order chi connectivity index (χ0) is 28.0. The minimum Gasteiger partial charge on any atom is -0.240 e. The molecule has 8 aromatic rings. The van der Waals surface area contributed by atoms with Gasteiger partial charge in [-0.25, -0.2) is 9.67 Å². The highest BCUT2D eigenvalue weighted by atomic mass is 35.5. The Morgan fingerprint density at radius 3 is 2.00 bits per heavy atom. The van der Waals surface area contributed by atoms with E-state index in [1.54, 1.807) is 6.20 Å². The quantitative estimate of drug-likeness (QED) is 0.202. The van der Waals surface area contributed by atoms with Crippen molar-refractivity contribution in [2.75, 3.05) is 0 Å². The van der Waals surface area contributed by atoms with Gasteiger partial charge in [-0.1, -0.05) is 103 Å². The number of benzene rings is 6. The Balaban J connectivity index is 1.22. The number of halogens is 1. The number of hydrogen-bond acceptors (Lipinski definition) is 4. The van der Waals surface area contributed by atoms with Crippen molar-refractivity contribution in [1.82, 2.24) is 24.7 Å². The molecule has 0 bridgehead atoms. The van der Waals surface area contributed by atoms with Crippen molar-refractivity contribution in [3.05, 3.63) is 139 Å². The van der Waals surface area contributed by atoms with Gasteiger partial charge in [0, 0.05) is 28.9 Å². The standard InChI is InChI=1S/C36H22ClN5/c37-36-40-34(25-15-13-24(14-16-25)29-12-5-9-23-7-1-3-10-28(23)29)39-35(41-36)27-17-18-31-30-11-4-2-8-26(30)22-33(32(31)21-27)42-20-6-19-38-42/h1-22H. The zero-order valence-electron chi connectivity index (χ0n) is 22.3. The molecule has 0 N–H and O–H groups in total. The minimum absolute atomic E-state index is 0.152. The van der Waals surface area contributed by atoms with Gasteiger partial charge < -0.3 is 0 Å². The third-order valence-electron chi connectivity index (χ3n) is 7.70. The molecule has 0 saturated heterocycles. The molecule has 0 spiro atoms. The first-order chi connectivity index (χ1) is 20.7. The molecular weight excluding hydrogens is 538 g/mol. The molecule has 0 radical (unpaired) electrons. The van der Waals surface area contributed by atoms with E-state index in [1.165, 1.54) is 21.7 Å². The van der Waals surface area contributed by atoms with Crippen molar-refractivity contribution in [2.45, 2.75) is 0 Å². The van der Waals surface area contributed by atoms with Gasteiger partial charge in [-0.2, -0.15) is 15.1 Å². The van der Waals surface area contributed by atoms with Crippen LogP contribution in [-0.2, 0) is 0 Å². The largest absolute Gasteiger partial charge is 0.240 e. The van der Waals surface area contributed by atoms with Crippen LogP contribution in [0.3, 0.4) is 0 Å². The number of nitrogens with zero attached hydrogens (tertiary/aromatic N) is 5. The maximum absolute atomic E-state index is 6.47. The summed E-state index contributed by atoms with van der Waals surface area (Å²) >= 11 is 6.47. The summed E-state index contributed by atoms with van der Waals surface area (Å²) in [5.74, 6) is 1.05. The highest BCUT2D eigenvalue weighted by Gasteiger charge is 2.14. The second-order valence-corrected chi connectivity index (χ2v) is 10.5. The van der Waals surface area contributed by atoms with Crippen LogP contribution in [0.15, 0.2) is 134 Å². The summed E-state index contributed by atoms with van der Waals surface area (Å²) < 4.78 is 1.89. The van der Waals surface area contributed by atoms with Gasteiger partial charge in [-0.15, -0.1) is 0 Å². The molecule has 0 fully saturated rings. The fourth-order valence-electron chi connectivity index (χ4n) is 5.71. The fraction of sp³-hybridized carbons (Fsp3) is 0. The Hall–Kier alpha value is -5.39. The molecule has 0 aliphatic rings. The predicted octanol–water partition coefficient (Wildman–Crippen LogP) is 9.17. The Morgan fingerprint density at radius 2 is 1.19 bits per heavy atom. The van der Waals surface area contributed by atoms with Crippen molar-refractivity contribution in [2.24, 2.45) is 0 Å². The van der Waals surface area contributed by atoms with E-state index >= 15 is 0 Å². The van der Waals surface area contributed by atoms with E-state index in [2.05, 4.69) is 112 Å². The Kier molecular flexibility index (Phi) is 5.76. The van der Waals surface area contributed by atoms with Crippen molar-refractivity contribution in [1.29, 1.82) is 0 Å². The summed E-state index contributed by atoms with van der Waals surface area (Å²) in [6, 6.07) is 41.8. The molecule has 5 nitrogen and oxygen atoms in total. The summed E-state index contributed by atoms with van der Waals surface area (Å²) in [6.07, 6.45) is 3.74. The zero-order valence-corrected chi connectivity index (χ0v) is 23.1. The average molecular weight is 560 g/mol. The van der Waals surface area contributed by atoms with Crippen LogP contribution in [0, 0.1) is 0 Å². The Morgan fingerprint density at radius 1 is 0.500 bits per heavy atom. The summed E-state index contributed by atoms with van der Waals surface area (Å²) in [7, 11) is 0. The fourth-order valence-corrected chi connectivity index (χ4v) is 5.87. The first kappa shape index (κ1) is 24.4. The van der Waals surface area contributed by atoms with Crippen molar-refractivity contribution in [3.63, 3.8) is 0 Å². The highest BCUT2D eigenvalue weighted by molar-refractivity contribution is 6.28. The lowest BCUT2D eigenvalue weighted by atomic mass is 9.97.